The van der Waals surface area contributed by atoms with Gasteiger partial charge in [0.05, 0.1) is 12.7 Å². The van der Waals surface area contributed by atoms with Crippen molar-refractivity contribution in [1.82, 2.24) is 9.80 Å². The molecule has 168 valence electrons. The van der Waals surface area contributed by atoms with Gasteiger partial charge < -0.3 is 14.7 Å². The third kappa shape index (κ3) is 6.56. The molecule has 5 nitrogen and oxygen atoms in total. The van der Waals surface area contributed by atoms with E-state index in [0.29, 0.717) is 32.7 Å². The number of aliphatic hydroxyl groups excluding tert-OH is 1. The molecule has 0 bridgehead atoms. The average molecular weight is 433 g/mol. The fourth-order valence-electron chi connectivity index (χ4n) is 3.73. The number of carbonyl (C=O) groups is 1. The van der Waals surface area contributed by atoms with Crippen molar-refractivity contribution in [3.05, 3.63) is 71.3 Å². The fraction of sp³-hybridized carbons (Fsp3) is 0.458. The molecule has 1 amide bonds. The number of piperazine rings is 1. The molecule has 3 rings (SSSR count). The van der Waals surface area contributed by atoms with Crippen molar-refractivity contribution in [2.24, 2.45) is 5.92 Å². The zero-order valence-corrected chi connectivity index (χ0v) is 18.0. The summed E-state index contributed by atoms with van der Waals surface area (Å²) < 4.78 is 32.7. The summed E-state index contributed by atoms with van der Waals surface area (Å²) in [6.45, 7) is 7.01. The minimum absolute atomic E-state index is 0.0135. The summed E-state index contributed by atoms with van der Waals surface area (Å²) in [5, 5.41) is 10.5. The maximum atomic E-state index is 13.3. The minimum Gasteiger partial charge on any atom is -0.389 e. The summed E-state index contributed by atoms with van der Waals surface area (Å²) in [6, 6.07) is 11.9. The number of aliphatic hydroxyl groups is 1. The van der Waals surface area contributed by atoms with E-state index in [1.165, 1.54) is 24.3 Å². The Morgan fingerprint density at radius 2 is 1.42 bits per heavy atom. The molecule has 1 N–H and O–H groups in total. The topological polar surface area (TPSA) is 53.0 Å². The van der Waals surface area contributed by atoms with E-state index < -0.39 is 12.2 Å². The molecule has 2 aromatic carbocycles. The first-order valence-electron chi connectivity index (χ1n) is 10.6. The summed E-state index contributed by atoms with van der Waals surface area (Å²) in [7, 11) is 0. The largest absolute Gasteiger partial charge is 0.389 e. The lowest BCUT2D eigenvalue weighted by Gasteiger charge is -2.36. The van der Waals surface area contributed by atoms with Crippen molar-refractivity contribution in [2.45, 2.75) is 26.1 Å². The van der Waals surface area contributed by atoms with Gasteiger partial charge in [-0.15, -0.1) is 0 Å². The van der Waals surface area contributed by atoms with Crippen LogP contribution in [0.5, 0.6) is 0 Å². The number of β-amino-alcohol motifs (C(OH)–C–C–N with tert-alkyl or cyclic N) is 1. The van der Waals surface area contributed by atoms with E-state index in [2.05, 4.69) is 4.90 Å². The van der Waals surface area contributed by atoms with E-state index in [1.807, 2.05) is 18.7 Å². The lowest BCUT2D eigenvalue weighted by Crippen LogP contribution is -2.51. The molecule has 1 heterocycles. The second-order valence-corrected chi connectivity index (χ2v) is 8.25. The molecular weight excluding hydrogens is 402 g/mol. The van der Waals surface area contributed by atoms with Gasteiger partial charge in [-0.3, -0.25) is 9.69 Å². The summed E-state index contributed by atoms with van der Waals surface area (Å²) in [5.74, 6) is -0.557. The average Bonchev–Trinajstić information content (AvgIpc) is 2.76. The van der Waals surface area contributed by atoms with E-state index in [0.717, 1.165) is 11.1 Å². The molecule has 0 spiro atoms. The van der Waals surface area contributed by atoms with Crippen molar-refractivity contribution in [1.29, 1.82) is 0 Å². The number of hydrogen-bond donors (Lipinski definition) is 1. The monoisotopic (exact) mass is 432 g/mol. The highest BCUT2D eigenvalue weighted by atomic mass is 19.1. The Labute approximate surface area is 182 Å². The van der Waals surface area contributed by atoms with Crippen LogP contribution in [-0.4, -0.2) is 66.2 Å². The summed E-state index contributed by atoms with van der Waals surface area (Å²) in [4.78, 5) is 16.1. The highest BCUT2D eigenvalue weighted by Gasteiger charge is 2.24. The number of carbonyl (C=O) groups excluding carboxylic acids is 1. The number of halogens is 2. The molecule has 31 heavy (non-hydrogen) atoms. The standard InChI is InChI=1S/C24H30F2N2O3/c1-17(2)24(30)28-13-11-27(12-14-28)15-22(29)16-31-23(18-3-7-20(25)8-4-18)19-5-9-21(26)10-6-19/h3-10,17,22-23,29H,11-16H2,1-2H3/t22-/m1/s1. The number of rotatable bonds is 8. The molecule has 0 unspecified atom stereocenters. The highest BCUT2D eigenvalue weighted by Crippen LogP contribution is 2.27. The van der Waals surface area contributed by atoms with E-state index in [9.17, 15) is 18.7 Å². The van der Waals surface area contributed by atoms with Crippen molar-refractivity contribution in [3.8, 4) is 0 Å². The minimum atomic E-state index is -0.726. The van der Waals surface area contributed by atoms with Crippen LogP contribution < -0.4 is 0 Å². The SMILES string of the molecule is CC(C)C(=O)N1CCN(C[C@@H](O)COC(c2ccc(F)cc2)c2ccc(F)cc2)CC1. The molecule has 1 aliphatic rings. The first-order valence-corrected chi connectivity index (χ1v) is 10.6. The molecule has 0 saturated carbocycles. The summed E-state index contributed by atoms with van der Waals surface area (Å²) in [5.41, 5.74) is 1.45. The molecule has 1 aliphatic heterocycles. The lowest BCUT2D eigenvalue weighted by molar-refractivity contribution is -0.136. The summed E-state index contributed by atoms with van der Waals surface area (Å²) in [6.07, 6.45) is -1.27. The van der Waals surface area contributed by atoms with Crippen molar-refractivity contribution in [2.75, 3.05) is 39.3 Å². The second kappa shape index (κ2) is 10.8. The Morgan fingerprint density at radius 1 is 0.935 bits per heavy atom. The number of amides is 1. The summed E-state index contributed by atoms with van der Waals surface area (Å²) >= 11 is 0. The predicted molar refractivity (Wildman–Crippen MR) is 114 cm³/mol. The maximum absolute atomic E-state index is 13.3. The van der Waals surface area contributed by atoms with Gasteiger partial charge in [-0.25, -0.2) is 8.78 Å². The van der Waals surface area contributed by atoms with Gasteiger partial charge >= 0.3 is 0 Å². The second-order valence-electron chi connectivity index (χ2n) is 8.25. The first kappa shape index (κ1) is 23.3. The number of nitrogens with zero attached hydrogens (tertiary/aromatic N) is 2. The Bertz CT molecular complexity index is 789. The molecule has 1 atom stereocenters. The Morgan fingerprint density at radius 3 is 1.87 bits per heavy atom. The van der Waals surface area contributed by atoms with Crippen LogP contribution in [-0.2, 0) is 9.53 Å². The van der Waals surface area contributed by atoms with Crippen LogP contribution in [0.4, 0.5) is 8.78 Å². The van der Waals surface area contributed by atoms with Crippen LogP contribution in [0.3, 0.4) is 0 Å². The smallest absolute Gasteiger partial charge is 0.225 e. The lowest BCUT2D eigenvalue weighted by atomic mass is 10.0. The maximum Gasteiger partial charge on any atom is 0.225 e. The van der Waals surface area contributed by atoms with Crippen LogP contribution in [0.1, 0.15) is 31.1 Å². The number of ether oxygens (including phenoxy) is 1. The third-order valence-corrected chi connectivity index (χ3v) is 5.45. The molecule has 1 saturated heterocycles. The van der Waals surface area contributed by atoms with Crippen molar-refractivity contribution < 1.29 is 23.4 Å². The molecule has 2 aromatic rings. The van der Waals surface area contributed by atoms with Crippen molar-refractivity contribution in [3.63, 3.8) is 0 Å². The molecular formula is C24H30F2N2O3. The number of hydrogen-bond acceptors (Lipinski definition) is 4. The van der Waals surface area contributed by atoms with Gasteiger partial charge in [0.15, 0.2) is 0 Å². The zero-order chi connectivity index (χ0) is 22.4. The molecule has 0 aliphatic carbocycles. The van der Waals surface area contributed by atoms with Gasteiger partial charge in [0.2, 0.25) is 5.91 Å². The van der Waals surface area contributed by atoms with Crippen LogP contribution in [0.25, 0.3) is 0 Å². The van der Waals surface area contributed by atoms with Crippen molar-refractivity contribution >= 4 is 5.91 Å². The van der Waals surface area contributed by atoms with Crippen LogP contribution in [0, 0.1) is 17.6 Å². The quantitative estimate of drug-likeness (QED) is 0.696. The van der Waals surface area contributed by atoms with E-state index >= 15 is 0 Å². The molecule has 7 heteroatoms. The van der Waals surface area contributed by atoms with Gasteiger partial charge in [0.25, 0.3) is 0 Å². The van der Waals surface area contributed by atoms with E-state index in [-0.39, 0.29) is 30.1 Å². The third-order valence-electron chi connectivity index (χ3n) is 5.45. The van der Waals surface area contributed by atoms with Gasteiger partial charge in [0.1, 0.15) is 17.7 Å². The predicted octanol–water partition coefficient (Wildman–Crippen LogP) is 3.23. The zero-order valence-electron chi connectivity index (χ0n) is 18.0. The van der Waals surface area contributed by atoms with E-state index in [4.69, 9.17) is 4.74 Å². The Kier molecular flexibility index (Phi) is 8.12. The fourth-order valence-corrected chi connectivity index (χ4v) is 3.73. The van der Waals surface area contributed by atoms with Gasteiger partial charge in [-0.1, -0.05) is 38.1 Å². The Hall–Kier alpha value is -2.35. The number of benzene rings is 2. The molecule has 0 radical (unpaired) electrons. The molecule has 0 aromatic heterocycles. The van der Waals surface area contributed by atoms with E-state index in [1.54, 1.807) is 24.3 Å². The van der Waals surface area contributed by atoms with Gasteiger partial charge in [-0.05, 0) is 35.4 Å². The normalized spacial score (nSPS) is 16.2. The van der Waals surface area contributed by atoms with Crippen LogP contribution >= 0.6 is 0 Å². The first-order chi connectivity index (χ1) is 14.8. The van der Waals surface area contributed by atoms with Crippen LogP contribution in [0.2, 0.25) is 0 Å². The Balaban J connectivity index is 1.57. The van der Waals surface area contributed by atoms with Gasteiger partial charge in [0, 0.05) is 38.6 Å². The van der Waals surface area contributed by atoms with Gasteiger partial charge in [-0.2, -0.15) is 0 Å². The highest BCUT2D eigenvalue weighted by molar-refractivity contribution is 5.78. The van der Waals surface area contributed by atoms with Crippen LogP contribution in [0.15, 0.2) is 48.5 Å². The molecule has 1 fully saturated rings.